The average molecular weight is 671 g/mol. The summed E-state index contributed by atoms with van der Waals surface area (Å²) in [6.45, 7) is 7.57. The minimum Gasteiger partial charge on any atom is -0.463 e. The molecule has 13 heteroatoms. The highest BCUT2D eigenvalue weighted by Crippen LogP contribution is 2.58. The van der Waals surface area contributed by atoms with Crippen LogP contribution < -0.4 is 5.32 Å². The van der Waals surface area contributed by atoms with Crippen molar-refractivity contribution >= 4 is 34.7 Å². The summed E-state index contributed by atoms with van der Waals surface area (Å²) in [6, 6.07) is 14.9. The predicted molar refractivity (Wildman–Crippen MR) is 178 cm³/mol. The predicted octanol–water partition coefficient (Wildman–Crippen LogP) is 2.53. The molecule has 4 heterocycles. The number of para-hydroxylation sites is 1. The Morgan fingerprint density at radius 2 is 1.92 bits per heavy atom. The van der Waals surface area contributed by atoms with Crippen LogP contribution in [0.2, 0.25) is 0 Å². The lowest BCUT2D eigenvalue weighted by molar-refractivity contribution is -0.149. The molecule has 0 radical (unpaired) electrons. The van der Waals surface area contributed by atoms with E-state index in [4.69, 9.17) is 9.47 Å². The van der Waals surface area contributed by atoms with E-state index in [1.807, 2.05) is 54.6 Å². The van der Waals surface area contributed by atoms with Gasteiger partial charge in [0.1, 0.15) is 30.4 Å². The van der Waals surface area contributed by atoms with Crippen molar-refractivity contribution in [2.45, 2.75) is 62.6 Å². The van der Waals surface area contributed by atoms with Gasteiger partial charge < -0.3 is 29.7 Å². The summed E-state index contributed by atoms with van der Waals surface area (Å²) < 4.78 is 13.7. The number of aliphatic hydroxyl groups is 1. The van der Waals surface area contributed by atoms with Crippen molar-refractivity contribution in [1.29, 1.82) is 0 Å². The highest BCUT2D eigenvalue weighted by molar-refractivity contribution is 5.99. The van der Waals surface area contributed by atoms with E-state index in [-0.39, 0.29) is 57.6 Å². The molecule has 2 N–H and O–H groups in total. The molecule has 2 bridgehead atoms. The fraction of sp³-hybridized carbons (Fsp3) is 0.444. The van der Waals surface area contributed by atoms with Crippen LogP contribution in [0.25, 0.3) is 11.0 Å². The molecule has 2 aromatic carbocycles. The summed E-state index contributed by atoms with van der Waals surface area (Å²) in [6.07, 6.45) is 4.47. The zero-order valence-electron chi connectivity index (χ0n) is 27.4. The molecule has 6 rings (SSSR count). The number of likely N-dealkylation sites (tertiary alicyclic amines) is 1. The maximum atomic E-state index is 14.6. The standard InChI is InChI=1S/C36H42N6O7/c1-3-5-16-29(44)48-22-26(24-12-7-6-8-13-24)37-33(45)30-28-17-18-36(49-28)31(30)34(46)41(20-11-21-43)32(36)35(47)40(19-4-2)23-42-27-15-10-9-14-25(27)38-39-42/h3-4,6-10,12-15,26,28,30-32,43H,1-2,5,11,16-23H2,(H,37,45)/t26-,28+,30-,31-,32+,36-/m0/s1. The molecule has 3 fully saturated rings. The van der Waals surface area contributed by atoms with Gasteiger partial charge in [0.2, 0.25) is 17.7 Å². The van der Waals surface area contributed by atoms with Gasteiger partial charge in [-0.1, -0.05) is 59.8 Å². The Morgan fingerprint density at radius 3 is 2.67 bits per heavy atom. The first-order chi connectivity index (χ1) is 23.8. The van der Waals surface area contributed by atoms with Gasteiger partial charge in [0.25, 0.3) is 0 Å². The van der Waals surface area contributed by atoms with Crippen molar-refractivity contribution in [2.24, 2.45) is 11.8 Å². The molecule has 0 unspecified atom stereocenters. The number of aromatic nitrogens is 3. The monoisotopic (exact) mass is 670 g/mol. The lowest BCUT2D eigenvalue weighted by Gasteiger charge is -2.36. The molecule has 3 aromatic rings. The molecule has 258 valence electrons. The van der Waals surface area contributed by atoms with Crippen LogP contribution in [0.5, 0.6) is 0 Å². The number of aliphatic hydroxyl groups excluding tert-OH is 1. The number of benzene rings is 2. The van der Waals surface area contributed by atoms with Crippen molar-refractivity contribution in [1.82, 2.24) is 30.1 Å². The highest BCUT2D eigenvalue weighted by atomic mass is 16.5. The average Bonchev–Trinajstić information content (AvgIpc) is 3.87. The quantitative estimate of drug-likeness (QED) is 0.173. The smallest absolute Gasteiger partial charge is 0.306 e. The molecule has 0 aliphatic carbocycles. The van der Waals surface area contributed by atoms with Crippen LogP contribution in [0.4, 0.5) is 0 Å². The third kappa shape index (κ3) is 6.47. The summed E-state index contributed by atoms with van der Waals surface area (Å²) in [5, 5.41) is 21.2. The fourth-order valence-corrected chi connectivity index (χ4v) is 7.59. The highest BCUT2D eigenvalue weighted by Gasteiger charge is 2.74. The lowest BCUT2D eigenvalue weighted by atomic mass is 9.70. The van der Waals surface area contributed by atoms with Gasteiger partial charge >= 0.3 is 5.97 Å². The summed E-state index contributed by atoms with van der Waals surface area (Å²) in [4.78, 5) is 58.6. The summed E-state index contributed by atoms with van der Waals surface area (Å²) >= 11 is 0. The number of amides is 3. The van der Waals surface area contributed by atoms with E-state index >= 15 is 0 Å². The van der Waals surface area contributed by atoms with E-state index in [0.29, 0.717) is 24.8 Å². The van der Waals surface area contributed by atoms with Crippen molar-refractivity contribution < 1.29 is 33.8 Å². The van der Waals surface area contributed by atoms with Gasteiger partial charge in [-0.15, -0.1) is 18.3 Å². The first-order valence-corrected chi connectivity index (χ1v) is 16.7. The van der Waals surface area contributed by atoms with Crippen LogP contribution >= 0.6 is 0 Å². The number of hydrogen-bond donors (Lipinski definition) is 2. The normalized spacial score (nSPS) is 24.4. The maximum Gasteiger partial charge on any atom is 0.306 e. The third-order valence-corrected chi connectivity index (χ3v) is 9.76. The summed E-state index contributed by atoms with van der Waals surface area (Å²) in [5.41, 5.74) is 0.927. The topological polar surface area (TPSA) is 156 Å². The SMILES string of the molecule is C=CCCC(=O)OC[C@H](NC(=O)[C@@H]1[C@H]2C(=O)N(CCCO)[C@H](C(=O)N(CC=C)Cn3nnc4ccccc43)[C@]23CC[C@H]1O3)c1ccccc1. The number of hydrogen-bond acceptors (Lipinski definition) is 9. The van der Waals surface area contributed by atoms with Crippen molar-refractivity contribution in [2.75, 3.05) is 26.3 Å². The van der Waals surface area contributed by atoms with Crippen molar-refractivity contribution in [3.63, 3.8) is 0 Å². The van der Waals surface area contributed by atoms with Gasteiger partial charge in [-0.25, -0.2) is 4.68 Å². The second kappa shape index (κ2) is 14.7. The zero-order valence-corrected chi connectivity index (χ0v) is 27.4. The molecule has 13 nitrogen and oxygen atoms in total. The molecule has 3 aliphatic rings. The van der Waals surface area contributed by atoms with E-state index in [2.05, 4.69) is 28.8 Å². The number of esters is 1. The second-order valence-corrected chi connectivity index (χ2v) is 12.7. The van der Waals surface area contributed by atoms with Crippen molar-refractivity contribution in [3.8, 4) is 0 Å². The Bertz CT molecular complexity index is 1710. The van der Waals surface area contributed by atoms with Crippen LogP contribution in [0.3, 0.4) is 0 Å². The number of carbonyl (C=O) groups is 4. The Balaban J connectivity index is 1.28. The maximum absolute atomic E-state index is 14.6. The number of carbonyl (C=O) groups excluding carboxylic acids is 4. The Kier molecular flexibility index (Phi) is 10.2. The van der Waals surface area contributed by atoms with Crippen LogP contribution in [-0.4, -0.2) is 97.6 Å². The number of allylic oxidation sites excluding steroid dienone is 1. The number of rotatable bonds is 16. The van der Waals surface area contributed by atoms with Crippen LogP contribution in [0.15, 0.2) is 79.9 Å². The van der Waals surface area contributed by atoms with Crippen molar-refractivity contribution in [3.05, 3.63) is 85.5 Å². The fourth-order valence-electron chi connectivity index (χ4n) is 7.59. The van der Waals surface area contributed by atoms with E-state index < -0.39 is 47.5 Å². The summed E-state index contributed by atoms with van der Waals surface area (Å²) in [5.74, 6) is -3.32. The molecule has 1 aromatic heterocycles. The van der Waals surface area contributed by atoms with Gasteiger partial charge in [-0.2, -0.15) is 0 Å². The first kappa shape index (κ1) is 34.0. The molecular weight excluding hydrogens is 628 g/mol. The van der Waals surface area contributed by atoms with E-state index in [1.165, 1.54) is 4.90 Å². The van der Waals surface area contributed by atoms with E-state index in [9.17, 15) is 24.3 Å². The lowest BCUT2D eigenvalue weighted by Crippen LogP contribution is -2.56. The number of fused-ring (bicyclic) bond motifs is 2. The third-order valence-electron chi connectivity index (χ3n) is 9.76. The van der Waals surface area contributed by atoms with Gasteiger partial charge in [0.15, 0.2) is 0 Å². The Labute approximate surface area is 284 Å². The van der Waals surface area contributed by atoms with E-state index in [0.717, 1.165) is 11.1 Å². The molecule has 49 heavy (non-hydrogen) atoms. The Morgan fingerprint density at radius 1 is 1.14 bits per heavy atom. The number of nitrogens with zero attached hydrogens (tertiary/aromatic N) is 5. The molecule has 1 spiro atoms. The zero-order chi connectivity index (χ0) is 34.5. The van der Waals surface area contributed by atoms with Gasteiger partial charge in [0, 0.05) is 26.1 Å². The molecule has 6 atom stereocenters. The van der Waals surface area contributed by atoms with Gasteiger partial charge in [-0.05, 0) is 43.4 Å². The number of ether oxygens (including phenoxy) is 2. The van der Waals surface area contributed by atoms with Gasteiger partial charge in [-0.3, -0.25) is 19.2 Å². The van der Waals surface area contributed by atoms with Crippen LogP contribution in [0, 0.1) is 11.8 Å². The second-order valence-electron chi connectivity index (χ2n) is 12.7. The van der Waals surface area contributed by atoms with Crippen LogP contribution in [0.1, 0.15) is 43.7 Å². The van der Waals surface area contributed by atoms with Gasteiger partial charge in [0.05, 0.1) is 29.5 Å². The Hall–Kier alpha value is -4.88. The minimum absolute atomic E-state index is 0.0578. The molecule has 3 amide bonds. The minimum atomic E-state index is -1.24. The molecule has 3 saturated heterocycles. The van der Waals surface area contributed by atoms with E-state index in [1.54, 1.807) is 21.7 Å². The largest absolute Gasteiger partial charge is 0.463 e. The molecule has 0 saturated carbocycles. The molecular formula is C36H42N6O7. The summed E-state index contributed by atoms with van der Waals surface area (Å²) in [7, 11) is 0. The number of nitrogens with one attached hydrogen (secondary N) is 1. The molecule has 3 aliphatic heterocycles. The first-order valence-electron chi connectivity index (χ1n) is 16.7. The van der Waals surface area contributed by atoms with Crippen LogP contribution in [-0.2, 0) is 35.3 Å².